The zero-order chi connectivity index (χ0) is 14.5. The molecule has 2 N–H and O–H groups in total. The van der Waals surface area contributed by atoms with Crippen LogP contribution in [0.15, 0.2) is 23.8 Å². The highest BCUT2D eigenvalue weighted by molar-refractivity contribution is 7.10. The molecule has 1 amide bonds. The Labute approximate surface area is 121 Å². The van der Waals surface area contributed by atoms with Crippen LogP contribution in [0.5, 0.6) is 0 Å². The minimum Gasteiger partial charge on any atom is -0.465 e. The molecule has 0 aliphatic rings. The molecule has 0 saturated carbocycles. The largest absolute Gasteiger partial charge is 0.465 e. The summed E-state index contributed by atoms with van der Waals surface area (Å²) in [7, 11) is 0. The van der Waals surface area contributed by atoms with Crippen molar-refractivity contribution in [1.29, 1.82) is 0 Å². The van der Waals surface area contributed by atoms with E-state index in [1.807, 2.05) is 17.5 Å². The van der Waals surface area contributed by atoms with Gasteiger partial charge in [-0.25, -0.2) is 9.78 Å². The Morgan fingerprint density at radius 2 is 2.20 bits per heavy atom. The van der Waals surface area contributed by atoms with Crippen molar-refractivity contribution in [2.24, 2.45) is 0 Å². The summed E-state index contributed by atoms with van der Waals surface area (Å²) in [5, 5.41) is 13.9. The molecule has 0 fully saturated rings. The quantitative estimate of drug-likeness (QED) is 0.894. The average molecular weight is 289 g/mol. The van der Waals surface area contributed by atoms with Crippen LogP contribution in [-0.4, -0.2) is 21.2 Å². The van der Waals surface area contributed by atoms with Gasteiger partial charge in [-0.2, -0.15) is 0 Å². The molecule has 2 heterocycles. The Hall–Kier alpha value is -2.21. The van der Waals surface area contributed by atoms with Crippen LogP contribution in [0, 0.1) is 0 Å². The van der Waals surface area contributed by atoms with Crippen molar-refractivity contribution in [3.05, 3.63) is 40.1 Å². The van der Waals surface area contributed by atoms with E-state index in [1.54, 1.807) is 23.6 Å². The van der Waals surface area contributed by atoms with Gasteiger partial charge in [0.15, 0.2) is 0 Å². The van der Waals surface area contributed by atoms with Crippen LogP contribution in [0.25, 0.3) is 12.2 Å². The van der Waals surface area contributed by atoms with Gasteiger partial charge >= 0.3 is 6.09 Å². The average Bonchev–Trinajstić information content (AvgIpc) is 2.85. The van der Waals surface area contributed by atoms with Crippen molar-refractivity contribution in [3.63, 3.8) is 0 Å². The van der Waals surface area contributed by atoms with E-state index in [1.165, 1.54) is 6.20 Å². The summed E-state index contributed by atoms with van der Waals surface area (Å²) < 4.78 is 0. The Morgan fingerprint density at radius 3 is 2.85 bits per heavy atom. The Balaban J connectivity index is 2.12. The van der Waals surface area contributed by atoms with Crippen LogP contribution in [0.1, 0.15) is 36.0 Å². The van der Waals surface area contributed by atoms with Crippen molar-refractivity contribution in [1.82, 2.24) is 9.97 Å². The summed E-state index contributed by atoms with van der Waals surface area (Å²) in [6.07, 6.45) is 5.79. The molecule has 0 atom stereocenters. The van der Waals surface area contributed by atoms with Gasteiger partial charge < -0.3 is 5.11 Å². The van der Waals surface area contributed by atoms with Crippen molar-refractivity contribution >= 4 is 35.3 Å². The molecule has 2 aromatic rings. The number of rotatable bonds is 4. The molecule has 0 aromatic carbocycles. The molecule has 0 aliphatic carbocycles. The number of pyridine rings is 1. The van der Waals surface area contributed by atoms with Crippen LogP contribution in [-0.2, 0) is 0 Å². The van der Waals surface area contributed by atoms with E-state index >= 15 is 0 Å². The molecule has 0 unspecified atom stereocenters. The predicted octanol–water partition coefficient (Wildman–Crippen LogP) is 3.92. The third kappa shape index (κ3) is 3.89. The first-order chi connectivity index (χ1) is 9.54. The number of nitrogens with zero attached hydrogens (tertiary/aromatic N) is 2. The fraction of sp³-hybridized carbons (Fsp3) is 0.214. The van der Waals surface area contributed by atoms with Gasteiger partial charge in [-0.05, 0) is 23.6 Å². The number of carboxylic acid groups (broad SMARTS) is 1. The van der Waals surface area contributed by atoms with Gasteiger partial charge in [-0.15, -0.1) is 11.3 Å². The minimum atomic E-state index is -1.10. The van der Waals surface area contributed by atoms with Crippen LogP contribution in [0.4, 0.5) is 10.5 Å². The Morgan fingerprint density at radius 1 is 1.40 bits per heavy atom. The number of anilines is 1. The highest BCUT2D eigenvalue weighted by Gasteiger charge is 2.03. The molecular weight excluding hydrogens is 274 g/mol. The standard InChI is InChI=1S/C14H15N3O2S/c1-9(2)12-8-20-13(17-12)4-3-10-5-11(7-15-6-10)16-14(18)19/h3-9,16H,1-2H3,(H,18,19). The molecule has 5 nitrogen and oxygen atoms in total. The third-order valence-electron chi connectivity index (χ3n) is 2.56. The Kier molecular flexibility index (Phi) is 4.47. The normalized spacial score (nSPS) is 11.2. The zero-order valence-electron chi connectivity index (χ0n) is 11.2. The van der Waals surface area contributed by atoms with E-state index in [2.05, 4.69) is 29.1 Å². The van der Waals surface area contributed by atoms with Crippen LogP contribution < -0.4 is 5.32 Å². The molecule has 0 bridgehead atoms. The number of thiazole rings is 1. The summed E-state index contributed by atoms with van der Waals surface area (Å²) in [4.78, 5) is 19.0. The van der Waals surface area contributed by atoms with Crippen LogP contribution in [0.2, 0.25) is 0 Å². The van der Waals surface area contributed by atoms with Gasteiger partial charge in [0.1, 0.15) is 5.01 Å². The lowest BCUT2D eigenvalue weighted by atomic mass is 10.2. The molecular formula is C14H15N3O2S. The lowest BCUT2D eigenvalue weighted by Gasteiger charge is -2.00. The molecule has 2 rings (SSSR count). The van der Waals surface area contributed by atoms with Crippen molar-refractivity contribution in [2.75, 3.05) is 5.32 Å². The first-order valence-corrected chi connectivity index (χ1v) is 7.01. The monoisotopic (exact) mass is 289 g/mol. The van der Waals surface area contributed by atoms with Crippen molar-refractivity contribution in [3.8, 4) is 0 Å². The smallest absolute Gasteiger partial charge is 0.409 e. The third-order valence-corrected chi connectivity index (χ3v) is 3.39. The topological polar surface area (TPSA) is 75.1 Å². The molecule has 6 heteroatoms. The first kappa shape index (κ1) is 14.2. The molecule has 0 aliphatic heterocycles. The number of aromatic nitrogens is 2. The summed E-state index contributed by atoms with van der Waals surface area (Å²) in [5.41, 5.74) is 2.34. The van der Waals surface area contributed by atoms with Crippen LogP contribution >= 0.6 is 11.3 Å². The summed E-state index contributed by atoms with van der Waals surface area (Å²) in [5.74, 6) is 0.415. The fourth-order valence-corrected chi connectivity index (χ4v) is 2.42. The van der Waals surface area contributed by atoms with Crippen molar-refractivity contribution in [2.45, 2.75) is 19.8 Å². The zero-order valence-corrected chi connectivity index (χ0v) is 12.0. The molecule has 0 radical (unpaired) electrons. The van der Waals surface area contributed by atoms with E-state index in [-0.39, 0.29) is 0 Å². The molecule has 2 aromatic heterocycles. The van der Waals surface area contributed by atoms with Gasteiger partial charge in [-0.1, -0.05) is 19.9 Å². The second-order valence-corrected chi connectivity index (χ2v) is 5.43. The van der Waals surface area contributed by atoms with E-state index in [4.69, 9.17) is 5.11 Å². The maximum atomic E-state index is 10.6. The molecule has 104 valence electrons. The van der Waals surface area contributed by atoms with Crippen LogP contribution in [0.3, 0.4) is 0 Å². The van der Waals surface area contributed by atoms with Gasteiger partial charge in [0, 0.05) is 11.6 Å². The van der Waals surface area contributed by atoms with Gasteiger partial charge in [0.2, 0.25) is 0 Å². The molecule has 20 heavy (non-hydrogen) atoms. The number of hydrogen-bond acceptors (Lipinski definition) is 4. The number of carbonyl (C=O) groups is 1. The van der Waals surface area contributed by atoms with Gasteiger partial charge in [-0.3, -0.25) is 10.3 Å². The predicted molar refractivity (Wildman–Crippen MR) is 81.0 cm³/mol. The van der Waals surface area contributed by atoms with E-state index in [9.17, 15) is 4.79 Å². The minimum absolute atomic E-state index is 0.415. The summed E-state index contributed by atoms with van der Waals surface area (Å²) in [6, 6.07) is 1.72. The first-order valence-electron chi connectivity index (χ1n) is 6.13. The summed E-state index contributed by atoms with van der Waals surface area (Å²) >= 11 is 1.58. The highest BCUT2D eigenvalue weighted by Crippen LogP contribution is 2.19. The van der Waals surface area contributed by atoms with Gasteiger partial charge in [0.05, 0.1) is 17.6 Å². The number of nitrogens with one attached hydrogen (secondary N) is 1. The van der Waals surface area contributed by atoms with E-state index in [0.717, 1.165) is 16.3 Å². The van der Waals surface area contributed by atoms with Gasteiger partial charge in [0.25, 0.3) is 0 Å². The van der Waals surface area contributed by atoms with E-state index < -0.39 is 6.09 Å². The highest BCUT2D eigenvalue weighted by atomic mass is 32.1. The lowest BCUT2D eigenvalue weighted by molar-refractivity contribution is 0.209. The van der Waals surface area contributed by atoms with Crippen molar-refractivity contribution < 1.29 is 9.90 Å². The molecule has 0 spiro atoms. The maximum Gasteiger partial charge on any atom is 0.409 e. The SMILES string of the molecule is CC(C)c1csc(C=Cc2cncc(NC(=O)O)c2)n1. The number of amides is 1. The number of hydrogen-bond donors (Lipinski definition) is 2. The Bertz CT molecular complexity index is 635. The summed E-state index contributed by atoms with van der Waals surface area (Å²) in [6.45, 7) is 4.21. The maximum absolute atomic E-state index is 10.6. The molecule has 0 saturated heterocycles. The fourth-order valence-electron chi connectivity index (χ4n) is 1.55. The van der Waals surface area contributed by atoms with E-state index in [0.29, 0.717) is 11.6 Å². The second kappa shape index (κ2) is 6.29. The lowest BCUT2D eigenvalue weighted by Crippen LogP contribution is -2.07. The second-order valence-electron chi connectivity index (χ2n) is 4.54.